The normalized spacial score (nSPS) is 14.9. The summed E-state index contributed by atoms with van der Waals surface area (Å²) in [6, 6.07) is 25.3. The lowest BCUT2D eigenvalue weighted by Crippen LogP contribution is -2.54. The van der Waals surface area contributed by atoms with Crippen LogP contribution in [0.3, 0.4) is 0 Å². The number of amides is 4. The van der Waals surface area contributed by atoms with E-state index < -0.39 is 17.8 Å². The molecule has 0 radical (unpaired) electrons. The number of rotatable bonds is 5. The molecule has 1 aliphatic heterocycles. The van der Waals surface area contributed by atoms with Crippen molar-refractivity contribution in [3.8, 4) is 5.75 Å². The molecule has 1 heterocycles. The van der Waals surface area contributed by atoms with Crippen LogP contribution < -0.4 is 15.0 Å². The Labute approximate surface area is 216 Å². The molecule has 1 fully saturated rings. The Morgan fingerprint density at radius 2 is 1.61 bits per heavy atom. The fourth-order valence-electron chi connectivity index (χ4n) is 4.02. The zero-order valence-corrected chi connectivity index (χ0v) is 20.9. The molecule has 4 aromatic carbocycles. The zero-order valence-electron chi connectivity index (χ0n) is 19.3. The van der Waals surface area contributed by atoms with E-state index in [9.17, 15) is 14.4 Å². The highest BCUT2D eigenvalue weighted by Gasteiger charge is 2.37. The van der Waals surface area contributed by atoms with Gasteiger partial charge in [0.25, 0.3) is 11.8 Å². The number of barbiturate groups is 1. The summed E-state index contributed by atoms with van der Waals surface area (Å²) in [5.41, 5.74) is 2.93. The molecule has 0 atom stereocenters. The summed E-state index contributed by atoms with van der Waals surface area (Å²) in [5.74, 6) is -0.936. The molecule has 7 heteroatoms. The van der Waals surface area contributed by atoms with E-state index in [2.05, 4.69) is 21.2 Å². The third-order valence-corrected chi connectivity index (χ3v) is 6.45. The van der Waals surface area contributed by atoms with E-state index in [4.69, 9.17) is 4.74 Å². The van der Waals surface area contributed by atoms with Crippen LogP contribution in [0.2, 0.25) is 0 Å². The molecular formula is C29H21BrN2O4. The van der Waals surface area contributed by atoms with Gasteiger partial charge in [0.1, 0.15) is 17.9 Å². The molecule has 36 heavy (non-hydrogen) atoms. The molecule has 0 aromatic heterocycles. The third-order valence-electron chi connectivity index (χ3n) is 5.92. The highest BCUT2D eigenvalue weighted by molar-refractivity contribution is 9.10. The van der Waals surface area contributed by atoms with Crippen LogP contribution in [-0.4, -0.2) is 17.8 Å². The van der Waals surface area contributed by atoms with Crippen molar-refractivity contribution in [1.82, 2.24) is 5.32 Å². The molecule has 0 saturated carbocycles. The molecular weight excluding hydrogens is 520 g/mol. The quantitative estimate of drug-likeness (QED) is 0.243. The molecule has 6 nitrogen and oxygen atoms in total. The molecule has 4 amide bonds. The largest absolute Gasteiger partial charge is 0.488 e. The van der Waals surface area contributed by atoms with Gasteiger partial charge in [-0.15, -0.1) is 0 Å². The Morgan fingerprint density at radius 1 is 0.889 bits per heavy atom. The molecule has 1 saturated heterocycles. The highest BCUT2D eigenvalue weighted by Crippen LogP contribution is 2.32. The van der Waals surface area contributed by atoms with E-state index in [0.29, 0.717) is 23.6 Å². The third kappa shape index (κ3) is 4.65. The second-order valence-electron chi connectivity index (χ2n) is 8.41. The first-order valence-corrected chi connectivity index (χ1v) is 12.1. The summed E-state index contributed by atoms with van der Waals surface area (Å²) in [7, 11) is 0. The molecule has 0 aliphatic carbocycles. The number of hydrogen-bond acceptors (Lipinski definition) is 4. The standard InChI is InChI=1S/C29H21BrN2O4/c1-18-6-8-19(9-7-18)17-36-26-15-10-20-4-2-3-5-23(20)24(26)16-25-27(33)31-29(35)32(28(25)34)22-13-11-21(30)12-14-22/h2-16H,17H2,1H3,(H,31,33,35)/b25-16+. The summed E-state index contributed by atoms with van der Waals surface area (Å²) in [6.07, 6.45) is 1.50. The number of hydrogen-bond donors (Lipinski definition) is 1. The van der Waals surface area contributed by atoms with Gasteiger partial charge in [0, 0.05) is 10.0 Å². The van der Waals surface area contributed by atoms with Crippen molar-refractivity contribution < 1.29 is 19.1 Å². The van der Waals surface area contributed by atoms with Crippen molar-refractivity contribution in [2.45, 2.75) is 13.5 Å². The Balaban J connectivity index is 1.57. The van der Waals surface area contributed by atoms with Crippen molar-refractivity contribution in [2.24, 2.45) is 0 Å². The van der Waals surface area contributed by atoms with Gasteiger partial charge >= 0.3 is 6.03 Å². The summed E-state index contributed by atoms with van der Waals surface area (Å²) >= 11 is 3.35. The van der Waals surface area contributed by atoms with Crippen molar-refractivity contribution >= 4 is 56.3 Å². The molecule has 1 aliphatic rings. The second-order valence-corrected chi connectivity index (χ2v) is 9.32. The maximum absolute atomic E-state index is 13.4. The van der Waals surface area contributed by atoms with Crippen LogP contribution in [0.25, 0.3) is 16.8 Å². The fraction of sp³-hybridized carbons (Fsp3) is 0.0690. The Bertz CT molecular complexity index is 1530. The van der Waals surface area contributed by atoms with E-state index in [1.807, 2.05) is 67.6 Å². The van der Waals surface area contributed by atoms with Gasteiger partial charge in [-0.05, 0) is 59.7 Å². The second kappa shape index (κ2) is 9.79. The number of benzene rings is 4. The van der Waals surface area contributed by atoms with Crippen LogP contribution in [0.1, 0.15) is 16.7 Å². The SMILES string of the molecule is Cc1ccc(COc2ccc3ccccc3c2/C=C2\C(=O)NC(=O)N(c3ccc(Br)cc3)C2=O)cc1. The van der Waals surface area contributed by atoms with Crippen LogP contribution >= 0.6 is 15.9 Å². The smallest absolute Gasteiger partial charge is 0.335 e. The summed E-state index contributed by atoms with van der Waals surface area (Å²) in [6.45, 7) is 2.34. The summed E-state index contributed by atoms with van der Waals surface area (Å²) < 4.78 is 6.96. The molecule has 4 aromatic rings. The van der Waals surface area contributed by atoms with Gasteiger partial charge in [-0.2, -0.15) is 0 Å². The van der Waals surface area contributed by atoms with Gasteiger partial charge in [-0.25, -0.2) is 9.69 Å². The number of ether oxygens (including phenoxy) is 1. The lowest BCUT2D eigenvalue weighted by atomic mass is 9.99. The van der Waals surface area contributed by atoms with E-state index in [0.717, 1.165) is 31.3 Å². The molecule has 0 spiro atoms. The zero-order chi connectivity index (χ0) is 25.2. The number of carbonyl (C=O) groups is 3. The van der Waals surface area contributed by atoms with Gasteiger partial charge in [0.05, 0.1) is 5.69 Å². The van der Waals surface area contributed by atoms with Crippen molar-refractivity contribution in [3.63, 3.8) is 0 Å². The van der Waals surface area contributed by atoms with E-state index in [1.165, 1.54) is 6.08 Å². The Hall–Kier alpha value is -4.23. The number of urea groups is 1. The lowest BCUT2D eigenvalue weighted by Gasteiger charge is -2.26. The topological polar surface area (TPSA) is 75.7 Å². The first-order chi connectivity index (χ1) is 17.4. The van der Waals surface area contributed by atoms with E-state index in [-0.39, 0.29) is 5.57 Å². The number of aryl methyl sites for hydroxylation is 1. The monoisotopic (exact) mass is 540 g/mol. The Morgan fingerprint density at radius 3 is 2.36 bits per heavy atom. The number of imide groups is 2. The molecule has 0 bridgehead atoms. The maximum Gasteiger partial charge on any atom is 0.335 e. The fourth-order valence-corrected chi connectivity index (χ4v) is 4.29. The number of nitrogens with one attached hydrogen (secondary N) is 1. The number of halogens is 1. The van der Waals surface area contributed by atoms with Gasteiger partial charge in [-0.1, -0.05) is 76.1 Å². The van der Waals surface area contributed by atoms with Crippen molar-refractivity contribution in [2.75, 3.05) is 4.90 Å². The van der Waals surface area contributed by atoms with Crippen LogP contribution in [0, 0.1) is 6.92 Å². The van der Waals surface area contributed by atoms with Crippen LogP contribution in [0.4, 0.5) is 10.5 Å². The first kappa shape index (κ1) is 23.5. The minimum atomic E-state index is -0.793. The minimum Gasteiger partial charge on any atom is -0.488 e. The van der Waals surface area contributed by atoms with E-state index in [1.54, 1.807) is 24.3 Å². The van der Waals surface area contributed by atoms with Crippen LogP contribution in [0.15, 0.2) is 95.0 Å². The lowest BCUT2D eigenvalue weighted by molar-refractivity contribution is -0.122. The van der Waals surface area contributed by atoms with Gasteiger partial charge in [0.2, 0.25) is 0 Å². The first-order valence-electron chi connectivity index (χ1n) is 11.3. The number of fused-ring (bicyclic) bond motifs is 1. The average Bonchev–Trinajstić information content (AvgIpc) is 2.87. The molecule has 5 rings (SSSR count). The predicted molar refractivity (Wildman–Crippen MR) is 143 cm³/mol. The molecule has 0 unspecified atom stereocenters. The predicted octanol–water partition coefficient (Wildman–Crippen LogP) is 6.16. The Kier molecular flexibility index (Phi) is 6.40. The number of carbonyl (C=O) groups excluding carboxylic acids is 3. The highest BCUT2D eigenvalue weighted by atomic mass is 79.9. The van der Waals surface area contributed by atoms with Gasteiger partial charge < -0.3 is 4.74 Å². The van der Waals surface area contributed by atoms with Gasteiger partial charge in [0.15, 0.2) is 0 Å². The summed E-state index contributed by atoms with van der Waals surface area (Å²) in [5, 5.41) is 4.03. The van der Waals surface area contributed by atoms with Crippen LogP contribution in [0.5, 0.6) is 5.75 Å². The van der Waals surface area contributed by atoms with Gasteiger partial charge in [-0.3, -0.25) is 14.9 Å². The minimum absolute atomic E-state index is 0.158. The maximum atomic E-state index is 13.4. The van der Waals surface area contributed by atoms with E-state index >= 15 is 0 Å². The number of nitrogens with zero attached hydrogens (tertiary/aromatic N) is 1. The van der Waals surface area contributed by atoms with Crippen molar-refractivity contribution in [1.29, 1.82) is 0 Å². The van der Waals surface area contributed by atoms with Crippen molar-refractivity contribution in [3.05, 3.63) is 112 Å². The average molecular weight is 541 g/mol. The number of anilines is 1. The van der Waals surface area contributed by atoms with Crippen LogP contribution in [-0.2, 0) is 16.2 Å². The molecule has 1 N–H and O–H groups in total. The summed E-state index contributed by atoms with van der Waals surface area (Å²) in [4.78, 5) is 39.8. The molecule has 178 valence electrons.